The average Bonchev–Trinajstić information content (AvgIpc) is 2.93. The molecule has 4 heteroatoms. The van der Waals surface area contributed by atoms with Gasteiger partial charge in [-0.3, -0.25) is 4.79 Å². The van der Waals surface area contributed by atoms with E-state index < -0.39 is 0 Å². The Balaban J connectivity index is 1.60. The molecule has 1 aliphatic heterocycles. The quantitative estimate of drug-likeness (QED) is 0.624. The van der Waals surface area contributed by atoms with E-state index in [4.69, 9.17) is 16.3 Å². The topological polar surface area (TPSA) is 38.3 Å². The second-order valence-electron chi connectivity index (χ2n) is 5.69. The molecule has 1 N–H and O–H groups in total. The monoisotopic (exact) mass is 347 g/mol. The largest absolute Gasteiger partial charge is 0.457 e. The molecule has 0 atom stereocenters. The van der Waals surface area contributed by atoms with Gasteiger partial charge < -0.3 is 10.1 Å². The van der Waals surface area contributed by atoms with Crippen molar-refractivity contribution in [1.29, 1.82) is 0 Å². The van der Waals surface area contributed by atoms with E-state index in [1.54, 1.807) is 12.1 Å². The Kier molecular flexibility index (Phi) is 4.00. The summed E-state index contributed by atoms with van der Waals surface area (Å²) in [4.78, 5) is 12.2. The lowest BCUT2D eigenvalue weighted by Gasteiger charge is -2.05. The summed E-state index contributed by atoms with van der Waals surface area (Å²) in [7, 11) is 0. The molecule has 0 fully saturated rings. The summed E-state index contributed by atoms with van der Waals surface area (Å²) >= 11 is 6.05. The van der Waals surface area contributed by atoms with Crippen LogP contribution >= 0.6 is 11.6 Å². The molecule has 0 saturated heterocycles. The number of hydrogen-bond donors (Lipinski definition) is 1. The van der Waals surface area contributed by atoms with Crippen LogP contribution in [-0.2, 0) is 4.79 Å². The van der Waals surface area contributed by atoms with Gasteiger partial charge in [-0.25, -0.2) is 0 Å². The zero-order valence-electron chi connectivity index (χ0n) is 13.2. The zero-order chi connectivity index (χ0) is 17.2. The third-order valence-electron chi connectivity index (χ3n) is 3.93. The fraction of sp³-hybridized carbons (Fsp3) is 0. The van der Waals surface area contributed by atoms with Crippen molar-refractivity contribution in [3.8, 4) is 11.5 Å². The number of hydrogen-bond acceptors (Lipinski definition) is 2. The maximum atomic E-state index is 12.2. The van der Waals surface area contributed by atoms with Gasteiger partial charge in [0.05, 0.1) is 0 Å². The van der Waals surface area contributed by atoms with Gasteiger partial charge in [0.1, 0.15) is 11.5 Å². The molecule has 1 heterocycles. The maximum absolute atomic E-state index is 12.2. The van der Waals surface area contributed by atoms with Crippen molar-refractivity contribution in [2.75, 3.05) is 5.32 Å². The Morgan fingerprint density at radius 1 is 0.880 bits per heavy atom. The Morgan fingerprint density at radius 2 is 1.60 bits per heavy atom. The highest BCUT2D eigenvalue weighted by Gasteiger charge is 2.24. The van der Waals surface area contributed by atoms with Crippen LogP contribution in [0.1, 0.15) is 11.1 Å². The number of para-hydroxylation sites is 1. The second-order valence-corrected chi connectivity index (χ2v) is 6.12. The number of ether oxygens (including phenoxy) is 1. The van der Waals surface area contributed by atoms with Crippen LogP contribution in [0.2, 0.25) is 5.02 Å². The summed E-state index contributed by atoms with van der Waals surface area (Å²) in [6, 6.07) is 22.6. The third-order valence-corrected chi connectivity index (χ3v) is 4.17. The van der Waals surface area contributed by atoms with Gasteiger partial charge in [0, 0.05) is 21.8 Å². The van der Waals surface area contributed by atoms with Gasteiger partial charge in [0.25, 0.3) is 5.91 Å². The van der Waals surface area contributed by atoms with Gasteiger partial charge in [-0.1, -0.05) is 41.9 Å². The van der Waals surface area contributed by atoms with Crippen LogP contribution in [0.4, 0.5) is 5.69 Å². The average molecular weight is 348 g/mol. The van der Waals surface area contributed by atoms with Crippen molar-refractivity contribution < 1.29 is 9.53 Å². The van der Waals surface area contributed by atoms with E-state index in [2.05, 4.69) is 5.32 Å². The van der Waals surface area contributed by atoms with E-state index in [1.807, 2.05) is 66.7 Å². The molecule has 3 aromatic rings. The van der Waals surface area contributed by atoms with E-state index in [9.17, 15) is 4.79 Å². The fourth-order valence-electron chi connectivity index (χ4n) is 2.73. The molecular weight excluding hydrogens is 334 g/mol. The molecule has 0 saturated carbocycles. The van der Waals surface area contributed by atoms with Crippen molar-refractivity contribution in [2.24, 2.45) is 0 Å². The molecule has 1 amide bonds. The Morgan fingerprint density at radius 3 is 2.36 bits per heavy atom. The summed E-state index contributed by atoms with van der Waals surface area (Å²) in [5.41, 5.74) is 3.12. The molecule has 0 aromatic heterocycles. The van der Waals surface area contributed by atoms with Crippen molar-refractivity contribution >= 4 is 34.8 Å². The second kappa shape index (κ2) is 6.46. The van der Waals surface area contributed by atoms with E-state index in [0.29, 0.717) is 10.6 Å². The van der Waals surface area contributed by atoms with Crippen LogP contribution in [-0.4, -0.2) is 5.91 Å². The molecule has 122 valence electrons. The van der Waals surface area contributed by atoms with E-state index in [-0.39, 0.29) is 5.91 Å². The summed E-state index contributed by atoms with van der Waals surface area (Å²) < 4.78 is 5.78. The van der Waals surface area contributed by atoms with Crippen LogP contribution in [0.15, 0.2) is 72.8 Å². The predicted octanol–water partition coefficient (Wildman–Crippen LogP) is 5.63. The van der Waals surface area contributed by atoms with Gasteiger partial charge in [-0.2, -0.15) is 0 Å². The number of carbonyl (C=O) groups excluding carboxylic acids is 1. The summed E-state index contributed by atoms with van der Waals surface area (Å²) in [6.45, 7) is 0. The van der Waals surface area contributed by atoms with Crippen molar-refractivity contribution in [3.63, 3.8) is 0 Å². The van der Waals surface area contributed by atoms with E-state index >= 15 is 0 Å². The van der Waals surface area contributed by atoms with Crippen LogP contribution in [0, 0.1) is 0 Å². The first-order valence-electron chi connectivity index (χ1n) is 7.85. The molecule has 0 bridgehead atoms. The number of carbonyl (C=O) groups is 1. The summed E-state index contributed by atoms with van der Waals surface area (Å²) in [5.74, 6) is 1.40. The minimum atomic E-state index is -0.123. The molecule has 3 aromatic carbocycles. The number of amides is 1. The van der Waals surface area contributed by atoms with Crippen molar-refractivity contribution in [1.82, 2.24) is 0 Å². The van der Waals surface area contributed by atoms with Gasteiger partial charge >= 0.3 is 0 Å². The smallest absolute Gasteiger partial charge is 0.256 e. The van der Waals surface area contributed by atoms with Crippen LogP contribution < -0.4 is 10.1 Å². The lowest BCUT2D eigenvalue weighted by Crippen LogP contribution is -2.03. The fourth-order valence-corrected chi connectivity index (χ4v) is 2.90. The third kappa shape index (κ3) is 3.28. The normalized spacial score (nSPS) is 14.3. The number of fused-ring (bicyclic) bond motifs is 1. The molecule has 0 unspecified atom stereocenters. The van der Waals surface area contributed by atoms with Gasteiger partial charge in [-0.15, -0.1) is 0 Å². The molecule has 4 rings (SSSR count). The zero-order valence-corrected chi connectivity index (χ0v) is 14.0. The van der Waals surface area contributed by atoms with Crippen LogP contribution in [0.3, 0.4) is 0 Å². The number of nitrogens with one attached hydrogen (secondary N) is 1. The number of halogens is 1. The SMILES string of the molecule is O=C1Nc2ccc(Cl)cc2C1=Cc1ccc(Oc2ccccc2)cc1. The minimum Gasteiger partial charge on any atom is -0.457 e. The lowest BCUT2D eigenvalue weighted by atomic mass is 10.0. The Hall–Kier alpha value is -3.04. The van der Waals surface area contributed by atoms with Crippen LogP contribution in [0.5, 0.6) is 11.5 Å². The van der Waals surface area contributed by atoms with Gasteiger partial charge in [0.15, 0.2) is 0 Å². The Labute approximate surface area is 150 Å². The molecule has 25 heavy (non-hydrogen) atoms. The van der Waals surface area contributed by atoms with Crippen molar-refractivity contribution in [2.45, 2.75) is 0 Å². The lowest BCUT2D eigenvalue weighted by molar-refractivity contribution is -0.110. The van der Waals surface area contributed by atoms with Crippen LogP contribution in [0.25, 0.3) is 11.6 Å². The first-order valence-corrected chi connectivity index (χ1v) is 8.23. The maximum Gasteiger partial charge on any atom is 0.256 e. The molecule has 3 nitrogen and oxygen atoms in total. The molecule has 0 spiro atoms. The number of rotatable bonds is 3. The highest BCUT2D eigenvalue weighted by atomic mass is 35.5. The molecule has 1 aliphatic rings. The van der Waals surface area contributed by atoms with E-state index in [1.165, 1.54) is 0 Å². The van der Waals surface area contributed by atoms with E-state index in [0.717, 1.165) is 28.3 Å². The Bertz CT molecular complexity index is 963. The number of anilines is 1. The number of benzene rings is 3. The first-order chi connectivity index (χ1) is 12.2. The summed E-state index contributed by atoms with van der Waals surface area (Å²) in [6.07, 6.45) is 1.85. The van der Waals surface area contributed by atoms with Gasteiger partial charge in [-0.05, 0) is 54.1 Å². The minimum absolute atomic E-state index is 0.123. The highest BCUT2D eigenvalue weighted by Crippen LogP contribution is 2.35. The molecular formula is C21H14ClNO2. The van der Waals surface area contributed by atoms with Crippen molar-refractivity contribution in [3.05, 3.63) is 88.9 Å². The standard InChI is InChI=1S/C21H14ClNO2/c22-15-8-11-20-18(13-15)19(21(24)23-20)12-14-6-9-17(10-7-14)25-16-4-2-1-3-5-16/h1-13H,(H,23,24). The molecule has 0 radical (unpaired) electrons. The predicted molar refractivity (Wildman–Crippen MR) is 101 cm³/mol. The first kappa shape index (κ1) is 15.5. The molecule has 0 aliphatic carbocycles. The summed E-state index contributed by atoms with van der Waals surface area (Å²) in [5, 5.41) is 3.45. The highest BCUT2D eigenvalue weighted by molar-refractivity contribution is 6.36. The van der Waals surface area contributed by atoms with Gasteiger partial charge in [0.2, 0.25) is 0 Å².